The molecule has 5 rings (SSSR count). The van der Waals surface area contributed by atoms with Gasteiger partial charge in [-0.05, 0) is 73.6 Å². The fraction of sp³-hybridized carbons (Fsp3) is 0.517. The van der Waals surface area contributed by atoms with Gasteiger partial charge in [0.25, 0.3) is 5.91 Å². The van der Waals surface area contributed by atoms with Gasteiger partial charge in [0.15, 0.2) is 5.13 Å². The number of anilines is 1. The topological polar surface area (TPSA) is 83.0 Å². The van der Waals surface area contributed by atoms with Gasteiger partial charge < -0.3 is 4.74 Å². The van der Waals surface area contributed by atoms with Gasteiger partial charge >= 0.3 is 0 Å². The summed E-state index contributed by atoms with van der Waals surface area (Å²) >= 11 is 7.74. The summed E-state index contributed by atoms with van der Waals surface area (Å²) in [5.74, 6) is 0.435. The number of thiazole rings is 1. The van der Waals surface area contributed by atoms with E-state index in [1.54, 1.807) is 33.5 Å². The fourth-order valence-corrected chi connectivity index (χ4v) is 8.82. The highest BCUT2D eigenvalue weighted by molar-refractivity contribution is 7.89. The standard InChI is InChI=1S/C29H37ClN4O4S2/c1-20-15-21(2)19-33(18-20)40(36,37)25-7-5-23(6-8-25)28(35)34(10-4-9-32-11-13-38-14-12-32)29-31-27-22(3)16-24(30)17-26(27)39-29/h5-8,16-17,20-21H,4,9-15,18-19H2,1-3H3. The van der Waals surface area contributed by atoms with E-state index in [0.717, 1.165) is 61.5 Å². The van der Waals surface area contributed by atoms with Crippen molar-refractivity contribution in [1.29, 1.82) is 0 Å². The Hall–Kier alpha value is -2.08. The van der Waals surface area contributed by atoms with Crippen LogP contribution in [0.1, 0.15) is 42.6 Å². The number of sulfonamides is 1. The van der Waals surface area contributed by atoms with Crippen molar-refractivity contribution in [3.05, 3.63) is 52.5 Å². The first-order valence-corrected chi connectivity index (χ1v) is 16.5. The summed E-state index contributed by atoms with van der Waals surface area (Å²) in [5.41, 5.74) is 2.23. The molecule has 1 aromatic heterocycles. The largest absolute Gasteiger partial charge is 0.379 e. The lowest BCUT2D eigenvalue weighted by atomic mass is 9.94. The second-order valence-electron chi connectivity index (χ2n) is 11.1. The quantitative estimate of drug-likeness (QED) is 0.347. The second kappa shape index (κ2) is 12.4. The molecule has 2 fully saturated rings. The Morgan fingerprint density at radius 2 is 1.80 bits per heavy atom. The Morgan fingerprint density at radius 1 is 1.12 bits per heavy atom. The molecule has 1 amide bonds. The van der Waals surface area contributed by atoms with Crippen LogP contribution >= 0.6 is 22.9 Å². The molecule has 0 spiro atoms. The molecule has 2 aromatic carbocycles. The molecule has 8 nitrogen and oxygen atoms in total. The summed E-state index contributed by atoms with van der Waals surface area (Å²) in [4.78, 5) is 23.0. The van der Waals surface area contributed by atoms with Crippen LogP contribution in [0, 0.1) is 18.8 Å². The van der Waals surface area contributed by atoms with E-state index in [9.17, 15) is 13.2 Å². The van der Waals surface area contributed by atoms with Crippen LogP contribution in [0.4, 0.5) is 5.13 Å². The van der Waals surface area contributed by atoms with E-state index in [0.29, 0.717) is 47.2 Å². The van der Waals surface area contributed by atoms with Gasteiger partial charge in [-0.15, -0.1) is 0 Å². The van der Waals surface area contributed by atoms with Crippen molar-refractivity contribution < 1.29 is 17.9 Å². The highest BCUT2D eigenvalue weighted by Gasteiger charge is 2.32. The third-order valence-electron chi connectivity index (χ3n) is 7.65. The number of carbonyl (C=O) groups excluding carboxylic acids is 1. The SMILES string of the molecule is Cc1cc(Cl)cc2sc(N(CCCN3CCOCC3)C(=O)c3ccc(S(=O)(=O)N4CC(C)CC(C)C4)cc3)nc12. The lowest BCUT2D eigenvalue weighted by Crippen LogP contribution is -2.42. The van der Waals surface area contributed by atoms with E-state index >= 15 is 0 Å². The third-order valence-corrected chi connectivity index (χ3v) is 10.7. The van der Waals surface area contributed by atoms with Gasteiger partial charge in [-0.1, -0.05) is 36.8 Å². The summed E-state index contributed by atoms with van der Waals surface area (Å²) in [7, 11) is -3.63. The van der Waals surface area contributed by atoms with Gasteiger partial charge in [0.2, 0.25) is 10.0 Å². The van der Waals surface area contributed by atoms with E-state index in [1.165, 1.54) is 11.3 Å². The monoisotopic (exact) mass is 604 g/mol. The van der Waals surface area contributed by atoms with Crippen LogP contribution in [-0.2, 0) is 14.8 Å². The van der Waals surface area contributed by atoms with Gasteiger partial charge in [0, 0.05) is 49.9 Å². The van der Waals surface area contributed by atoms with E-state index in [2.05, 4.69) is 18.7 Å². The molecule has 0 bridgehead atoms. The Labute approximate surface area is 245 Å². The van der Waals surface area contributed by atoms with Crippen LogP contribution in [0.15, 0.2) is 41.3 Å². The molecule has 0 radical (unpaired) electrons. The number of amides is 1. The smallest absolute Gasteiger partial charge is 0.260 e. The number of aromatic nitrogens is 1. The number of hydrogen-bond donors (Lipinski definition) is 0. The number of piperidine rings is 1. The molecule has 2 unspecified atom stereocenters. The first-order chi connectivity index (χ1) is 19.1. The third kappa shape index (κ3) is 6.53. The zero-order valence-corrected chi connectivity index (χ0v) is 25.7. The predicted molar refractivity (Wildman–Crippen MR) is 161 cm³/mol. The van der Waals surface area contributed by atoms with Crippen LogP contribution in [0.25, 0.3) is 10.2 Å². The number of nitrogens with zero attached hydrogens (tertiary/aromatic N) is 4. The highest BCUT2D eigenvalue weighted by atomic mass is 35.5. The molecule has 3 heterocycles. The van der Waals surface area contributed by atoms with Gasteiger partial charge in [-0.2, -0.15) is 4.31 Å². The maximum atomic E-state index is 13.9. The molecule has 2 aliphatic rings. The van der Waals surface area contributed by atoms with Crippen molar-refractivity contribution in [3.8, 4) is 0 Å². The Balaban J connectivity index is 1.39. The van der Waals surface area contributed by atoms with Gasteiger partial charge in [0.1, 0.15) is 0 Å². The van der Waals surface area contributed by atoms with E-state index in [4.69, 9.17) is 21.3 Å². The average Bonchev–Trinajstić information content (AvgIpc) is 3.35. The summed E-state index contributed by atoms with van der Waals surface area (Å²) in [6.07, 6.45) is 1.80. The number of rotatable bonds is 8. The van der Waals surface area contributed by atoms with Gasteiger partial charge in [-0.25, -0.2) is 13.4 Å². The number of ether oxygens (including phenoxy) is 1. The normalized spacial score (nSPS) is 21.1. The molecular formula is C29H37ClN4O4S2. The number of benzene rings is 2. The summed E-state index contributed by atoms with van der Waals surface area (Å²) in [6, 6.07) is 10.1. The van der Waals surface area contributed by atoms with Crippen molar-refractivity contribution in [2.24, 2.45) is 11.8 Å². The molecule has 0 aliphatic carbocycles. The number of carbonyl (C=O) groups is 1. The number of halogens is 1. The van der Waals surface area contributed by atoms with Crippen molar-refractivity contribution >= 4 is 54.2 Å². The minimum Gasteiger partial charge on any atom is -0.379 e. The van der Waals surface area contributed by atoms with Crippen molar-refractivity contribution in [2.45, 2.75) is 38.5 Å². The molecule has 2 atom stereocenters. The highest BCUT2D eigenvalue weighted by Crippen LogP contribution is 2.34. The molecule has 2 saturated heterocycles. The predicted octanol–water partition coefficient (Wildman–Crippen LogP) is 5.29. The van der Waals surface area contributed by atoms with Crippen LogP contribution in [0.5, 0.6) is 0 Å². The average molecular weight is 605 g/mol. The lowest BCUT2D eigenvalue weighted by Gasteiger charge is -2.34. The molecule has 3 aromatic rings. The zero-order chi connectivity index (χ0) is 28.4. The van der Waals surface area contributed by atoms with Crippen LogP contribution in [0.3, 0.4) is 0 Å². The molecule has 2 aliphatic heterocycles. The van der Waals surface area contributed by atoms with E-state index in [1.807, 2.05) is 19.1 Å². The van der Waals surface area contributed by atoms with Crippen molar-refractivity contribution in [1.82, 2.24) is 14.2 Å². The van der Waals surface area contributed by atoms with Crippen LogP contribution < -0.4 is 4.90 Å². The van der Waals surface area contributed by atoms with E-state index < -0.39 is 10.0 Å². The maximum absolute atomic E-state index is 13.9. The Morgan fingerprint density at radius 3 is 2.48 bits per heavy atom. The first-order valence-electron chi connectivity index (χ1n) is 13.9. The molecule has 216 valence electrons. The minimum atomic E-state index is -3.63. The first kappa shape index (κ1) is 29.4. The van der Waals surface area contributed by atoms with Crippen LogP contribution in [-0.4, -0.2) is 81.0 Å². The maximum Gasteiger partial charge on any atom is 0.260 e. The molecule has 40 heavy (non-hydrogen) atoms. The number of hydrogen-bond acceptors (Lipinski definition) is 7. The Kier molecular flexibility index (Phi) is 9.14. The van der Waals surface area contributed by atoms with Crippen molar-refractivity contribution in [2.75, 3.05) is 57.4 Å². The van der Waals surface area contributed by atoms with Gasteiger partial charge in [-0.3, -0.25) is 14.6 Å². The Bertz CT molecular complexity index is 1440. The summed E-state index contributed by atoms with van der Waals surface area (Å²) in [6.45, 7) is 11.8. The molecule has 0 N–H and O–H groups in total. The number of fused-ring (bicyclic) bond motifs is 1. The minimum absolute atomic E-state index is 0.200. The molecule has 0 saturated carbocycles. The second-order valence-corrected chi connectivity index (χ2v) is 14.5. The van der Waals surface area contributed by atoms with Crippen LogP contribution in [0.2, 0.25) is 5.02 Å². The van der Waals surface area contributed by atoms with Crippen molar-refractivity contribution in [3.63, 3.8) is 0 Å². The lowest BCUT2D eigenvalue weighted by molar-refractivity contribution is 0.0376. The fourth-order valence-electron chi connectivity index (χ4n) is 5.70. The summed E-state index contributed by atoms with van der Waals surface area (Å²) in [5, 5.41) is 1.25. The summed E-state index contributed by atoms with van der Waals surface area (Å²) < 4.78 is 34.7. The molecule has 11 heteroatoms. The number of morpholine rings is 1. The molecular weight excluding hydrogens is 568 g/mol. The van der Waals surface area contributed by atoms with E-state index in [-0.39, 0.29) is 10.8 Å². The zero-order valence-electron chi connectivity index (χ0n) is 23.3. The number of aryl methyl sites for hydroxylation is 1. The van der Waals surface area contributed by atoms with Gasteiger partial charge in [0.05, 0.1) is 28.3 Å².